The lowest BCUT2D eigenvalue weighted by Crippen LogP contribution is -2.19. The van der Waals surface area contributed by atoms with E-state index < -0.39 is 0 Å². The molecular formula is C32H64O4. The molecule has 0 heterocycles. The van der Waals surface area contributed by atoms with E-state index in [1.807, 2.05) is 0 Å². The minimum absolute atomic E-state index is 0.0847. The van der Waals surface area contributed by atoms with E-state index in [1.54, 1.807) is 0 Å². The zero-order valence-electron chi connectivity index (χ0n) is 25.0. The second kappa shape index (κ2) is 29.0. The van der Waals surface area contributed by atoms with Crippen LogP contribution in [0.25, 0.3) is 0 Å². The average molecular weight is 513 g/mol. The van der Waals surface area contributed by atoms with Gasteiger partial charge in [0.2, 0.25) is 0 Å². The Morgan fingerprint density at radius 2 is 1.14 bits per heavy atom. The molecular weight excluding hydrogens is 448 g/mol. The van der Waals surface area contributed by atoms with Gasteiger partial charge in [0.05, 0.1) is 25.9 Å². The minimum Gasteiger partial charge on any atom is -0.463 e. The van der Waals surface area contributed by atoms with Gasteiger partial charge in [0.1, 0.15) is 6.61 Å². The predicted molar refractivity (Wildman–Crippen MR) is 155 cm³/mol. The zero-order valence-corrected chi connectivity index (χ0v) is 25.0. The van der Waals surface area contributed by atoms with Crippen LogP contribution in [0.1, 0.15) is 163 Å². The first-order valence-electron chi connectivity index (χ1n) is 16.0. The molecule has 0 aromatic heterocycles. The van der Waals surface area contributed by atoms with Gasteiger partial charge in [-0.05, 0) is 31.6 Å². The lowest BCUT2D eigenvalue weighted by Gasteiger charge is -2.21. The number of carbonyl (C=O) groups excluding carboxylic acids is 1. The van der Waals surface area contributed by atoms with Gasteiger partial charge >= 0.3 is 5.97 Å². The Morgan fingerprint density at radius 1 is 0.556 bits per heavy atom. The Hall–Kier alpha value is -0.610. The molecule has 0 rings (SSSR count). The fourth-order valence-electron chi connectivity index (χ4n) is 4.82. The first-order valence-corrected chi connectivity index (χ1v) is 16.0. The van der Waals surface area contributed by atoms with Crippen molar-refractivity contribution in [3.05, 3.63) is 0 Å². The van der Waals surface area contributed by atoms with Crippen molar-refractivity contribution in [2.75, 3.05) is 26.4 Å². The Morgan fingerprint density at radius 3 is 1.78 bits per heavy atom. The van der Waals surface area contributed by atoms with Gasteiger partial charge in [0, 0.05) is 6.42 Å². The van der Waals surface area contributed by atoms with E-state index in [4.69, 9.17) is 14.2 Å². The van der Waals surface area contributed by atoms with Crippen molar-refractivity contribution < 1.29 is 19.0 Å². The Balaban J connectivity index is 3.81. The van der Waals surface area contributed by atoms with Crippen LogP contribution in [-0.2, 0) is 19.0 Å². The fourth-order valence-corrected chi connectivity index (χ4v) is 4.82. The molecule has 0 aliphatic rings. The average Bonchev–Trinajstić information content (AvgIpc) is 2.89. The Bertz CT molecular complexity index is 440. The number of unbranched alkanes of at least 4 members (excludes halogenated alkanes) is 12. The molecule has 2 unspecified atom stereocenters. The van der Waals surface area contributed by atoms with Crippen molar-refractivity contribution in [2.24, 2.45) is 5.92 Å². The second-order valence-electron chi connectivity index (χ2n) is 10.7. The normalized spacial score (nSPS) is 13.1. The van der Waals surface area contributed by atoms with Crippen LogP contribution >= 0.6 is 0 Å². The highest BCUT2D eigenvalue weighted by Gasteiger charge is 2.13. The Labute approximate surface area is 226 Å². The van der Waals surface area contributed by atoms with E-state index in [-0.39, 0.29) is 5.97 Å². The lowest BCUT2D eigenvalue weighted by atomic mass is 9.92. The van der Waals surface area contributed by atoms with Crippen LogP contribution in [-0.4, -0.2) is 38.5 Å². The third-order valence-electron chi connectivity index (χ3n) is 7.38. The van der Waals surface area contributed by atoms with Gasteiger partial charge in [0.25, 0.3) is 0 Å². The van der Waals surface area contributed by atoms with Crippen LogP contribution in [0, 0.1) is 5.92 Å². The van der Waals surface area contributed by atoms with Gasteiger partial charge in [-0.1, -0.05) is 130 Å². The molecule has 0 aliphatic carbocycles. The second-order valence-corrected chi connectivity index (χ2v) is 10.7. The number of hydrogen-bond acceptors (Lipinski definition) is 4. The summed E-state index contributed by atoms with van der Waals surface area (Å²) in [7, 11) is 0. The maximum absolute atomic E-state index is 11.9. The monoisotopic (exact) mass is 512 g/mol. The molecule has 4 nitrogen and oxygen atoms in total. The van der Waals surface area contributed by atoms with E-state index in [2.05, 4.69) is 27.7 Å². The molecule has 0 saturated carbocycles. The van der Waals surface area contributed by atoms with Crippen LogP contribution in [0.2, 0.25) is 0 Å². The van der Waals surface area contributed by atoms with Crippen molar-refractivity contribution in [1.82, 2.24) is 0 Å². The largest absolute Gasteiger partial charge is 0.463 e. The summed E-state index contributed by atoms with van der Waals surface area (Å²) in [4.78, 5) is 11.9. The maximum atomic E-state index is 11.9. The van der Waals surface area contributed by atoms with Gasteiger partial charge < -0.3 is 14.2 Å². The van der Waals surface area contributed by atoms with Gasteiger partial charge in [-0.15, -0.1) is 0 Å². The quantitative estimate of drug-likeness (QED) is 0.0739. The molecule has 0 N–H and O–H groups in total. The van der Waals surface area contributed by atoms with Crippen molar-refractivity contribution >= 4 is 5.97 Å². The summed E-state index contributed by atoms with van der Waals surface area (Å²) in [6.45, 7) is 11.2. The van der Waals surface area contributed by atoms with Gasteiger partial charge in [-0.3, -0.25) is 4.79 Å². The first kappa shape index (κ1) is 35.4. The van der Waals surface area contributed by atoms with Gasteiger partial charge in [0.15, 0.2) is 0 Å². The summed E-state index contributed by atoms with van der Waals surface area (Å²) in [5.41, 5.74) is 0. The summed E-state index contributed by atoms with van der Waals surface area (Å²) in [5, 5.41) is 0. The third kappa shape index (κ3) is 25.1. The molecule has 2 atom stereocenters. The van der Waals surface area contributed by atoms with E-state index in [0.29, 0.717) is 39.0 Å². The lowest BCUT2D eigenvalue weighted by molar-refractivity contribution is -0.145. The van der Waals surface area contributed by atoms with Crippen LogP contribution in [0.15, 0.2) is 0 Å². The van der Waals surface area contributed by atoms with Crippen LogP contribution in [0.3, 0.4) is 0 Å². The van der Waals surface area contributed by atoms with Gasteiger partial charge in [-0.2, -0.15) is 0 Å². The number of ether oxygens (including phenoxy) is 3. The molecule has 0 radical (unpaired) electrons. The molecule has 0 amide bonds. The third-order valence-corrected chi connectivity index (χ3v) is 7.38. The smallest absolute Gasteiger partial charge is 0.305 e. The highest BCUT2D eigenvalue weighted by molar-refractivity contribution is 5.69. The molecule has 0 saturated heterocycles. The molecule has 4 heteroatoms. The summed E-state index contributed by atoms with van der Waals surface area (Å²) < 4.78 is 17.2. The molecule has 0 aliphatic heterocycles. The van der Waals surface area contributed by atoms with Crippen molar-refractivity contribution in [1.29, 1.82) is 0 Å². The van der Waals surface area contributed by atoms with Crippen molar-refractivity contribution in [2.45, 2.75) is 169 Å². The van der Waals surface area contributed by atoms with E-state index in [9.17, 15) is 4.79 Å². The molecule has 0 fully saturated rings. The highest BCUT2D eigenvalue weighted by Crippen LogP contribution is 2.22. The summed E-state index contributed by atoms with van der Waals surface area (Å²) >= 11 is 0. The summed E-state index contributed by atoms with van der Waals surface area (Å²) in [6.07, 6.45) is 26.3. The first-order chi connectivity index (χ1) is 17.7. The SMILES string of the molecule is CCCCCCCCCCCC(=O)OCCOCCOC(CCCCCC)CCC(CC)CCCC. The van der Waals surface area contributed by atoms with Crippen LogP contribution < -0.4 is 0 Å². The number of esters is 1. The highest BCUT2D eigenvalue weighted by atomic mass is 16.6. The number of hydrogen-bond donors (Lipinski definition) is 0. The van der Waals surface area contributed by atoms with E-state index in [1.165, 1.54) is 116 Å². The molecule has 0 spiro atoms. The Kier molecular flexibility index (Phi) is 28.5. The molecule has 0 bridgehead atoms. The summed E-state index contributed by atoms with van der Waals surface area (Å²) in [6, 6.07) is 0. The number of carbonyl (C=O) groups is 1. The van der Waals surface area contributed by atoms with Crippen LogP contribution in [0.4, 0.5) is 0 Å². The van der Waals surface area contributed by atoms with E-state index in [0.717, 1.165) is 18.8 Å². The maximum Gasteiger partial charge on any atom is 0.305 e. The molecule has 0 aromatic rings. The van der Waals surface area contributed by atoms with Gasteiger partial charge in [-0.25, -0.2) is 0 Å². The zero-order chi connectivity index (χ0) is 26.5. The molecule has 0 aromatic carbocycles. The standard InChI is InChI=1S/C32H64O4/c1-5-9-12-14-15-16-17-18-20-23-32(33)36-29-27-34-26-28-35-31(22-19-13-10-6-2)25-24-30(8-4)21-11-7-3/h30-31H,5-29H2,1-4H3. The predicted octanol–water partition coefficient (Wildman–Crippen LogP) is 9.82. The minimum atomic E-state index is -0.0847. The molecule has 36 heavy (non-hydrogen) atoms. The van der Waals surface area contributed by atoms with E-state index >= 15 is 0 Å². The van der Waals surface area contributed by atoms with Crippen molar-refractivity contribution in [3.8, 4) is 0 Å². The summed E-state index contributed by atoms with van der Waals surface area (Å²) in [5.74, 6) is 0.756. The molecule has 216 valence electrons. The topological polar surface area (TPSA) is 44.8 Å². The fraction of sp³-hybridized carbons (Fsp3) is 0.969. The van der Waals surface area contributed by atoms with Crippen LogP contribution in [0.5, 0.6) is 0 Å². The number of rotatable bonds is 29. The van der Waals surface area contributed by atoms with Crippen molar-refractivity contribution in [3.63, 3.8) is 0 Å².